The molecule has 0 fully saturated rings. The van der Waals surface area contributed by atoms with E-state index >= 15 is 0 Å². The lowest BCUT2D eigenvalue weighted by atomic mass is 10.2. The van der Waals surface area contributed by atoms with E-state index in [1.807, 2.05) is 0 Å². The third-order valence-electron chi connectivity index (χ3n) is 1.58. The molecule has 0 heterocycles. The highest BCUT2D eigenvalue weighted by Crippen LogP contribution is 1.95. The molecular formula is C6H15N3O3S. The lowest BCUT2D eigenvalue weighted by Crippen LogP contribution is -2.44. The Bertz CT molecular complexity index is 273. The van der Waals surface area contributed by atoms with Crippen molar-refractivity contribution < 1.29 is 13.6 Å². The summed E-state index contributed by atoms with van der Waals surface area (Å²) in [7, 11) is -3.31. The summed E-state index contributed by atoms with van der Waals surface area (Å²) in [5.41, 5.74) is 5.26. The van der Waals surface area contributed by atoms with Gasteiger partial charge in [0.15, 0.2) is 5.84 Å². The third-order valence-corrected chi connectivity index (χ3v) is 2.99. The summed E-state index contributed by atoms with van der Waals surface area (Å²) >= 11 is 0. The molecular weight excluding hydrogens is 194 g/mol. The summed E-state index contributed by atoms with van der Waals surface area (Å²) in [5, 5.41) is 11.1. The van der Waals surface area contributed by atoms with Crippen LogP contribution in [0, 0.1) is 0 Å². The highest BCUT2D eigenvalue weighted by atomic mass is 32.2. The normalized spacial score (nSPS) is 15.7. The van der Waals surface area contributed by atoms with Gasteiger partial charge in [-0.25, -0.2) is 13.1 Å². The lowest BCUT2D eigenvalue weighted by molar-refractivity contribution is 0.315. The van der Waals surface area contributed by atoms with Crippen LogP contribution in [0.2, 0.25) is 0 Å². The van der Waals surface area contributed by atoms with E-state index < -0.39 is 16.1 Å². The van der Waals surface area contributed by atoms with Crippen molar-refractivity contribution in [1.29, 1.82) is 0 Å². The number of amidine groups is 1. The molecule has 0 radical (unpaired) electrons. The van der Waals surface area contributed by atoms with Crippen LogP contribution in [0.1, 0.15) is 20.3 Å². The molecule has 7 heteroatoms. The number of sulfonamides is 1. The van der Waals surface area contributed by atoms with E-state index in [4.69, 9.17) is 10.9 Å². The SMILES string of the molecule is CCC(NS(=O)(=O)CC)/C(N)=N/O. The molecule has 4 N–H and O–H groups in total. The third kappa shape index (κ3) is 4.09. The Hall–Kier alpha value is -0.820. The van der Waals surface area contributed by atoms with Crippen molar-refractivity contribution in [2.45, 2.75) is 26.3 Å². The van der Waals surface area contributed by atoms with Crippen LogP contribution in [0.3, 0.4) is 0 Å². The fourth-order valence-electron chi connectivity index (χ4n) is 0.723. The summed E-state index contributed by atoms with van der Waals surface area (Å²) in [6, 6.07) is -0.630. The van der Waals surface area contributed by atoms with E-state index in [2.05, 4.69) is 9.88 Å². The second kappa shape index (κ2) is 5.03. The molecule has 0 saturated heterocycles. The Kier molecular flexibility index (Phi) is 4.71. The number of hydrogen-bond donors (Lipinski definition) is 3. The van der Waals surface area contributed by atoms with Gasteiger partial charge in [0.25, 0.3) is 0 Å². The minimum atomic E-state index is -3.31. The zero-order chi connectivity index (χ0) is 10.5. The minimum Gasteiger partial charge on any atom is -0.409 e. The van der Waals surface area contributed by atoms with Crippen LogP contribution in [0.15, 0.2) is 5.16 Å². The van der Waals surface area contributed by atoms with Gasteiger partial charge in [-0.15, -0.1) is 0 Å². The predicted octanol–water partition coefficient (Wildman–Crippen LogP) is -0.549. The molecule has 0 aliphatic heterocycles. The molecule has 6 nitrogen and oxygen atoms in total. The maximum Gasteiger partial charge on any atom is 0.211 e. The summed E-state index contributed by atoms with van der Waals surface area (Å²) in [6.45, 7) is 3.25. The van der Waals surface area contributed by atoms with Gasteiger partial charge >= 0.3 is 0 Å². The molecule has 0 spiro atoms. The first-order valence-corrected chi connectivity index (χ1v) is 5.59. The number of nitrogens with zero attached hydrogens (tertiary/aromatic N) is 1. The molecule has 0 aliphatic rings. The lowest BCUT2D eigenvalue weighted by Gasteiger charge is -2.14. The Labute approximate surface area is 77.9 Å². The number of rotatable bonds is 5. The Morgan fingerprint density at radius 3 is 2.46 bits per heavy atom. The number of oxime groups is 1. The van der Waals surface area contributed by atoms with E-state index in [1.165, 1.54) is 6.92 Å². The van der Waals surface area contributed by atoms with Gasteiger partial charge in [-0.05, 0) is 13.3 Å². The highest BCUT2D eigenvalue weighted by molar-refractivity contribution is 7.89. The van der Waals surface area contributed by atoms with Crippen molar-refractivity contribution >= 4 is 15.9 Å². The molecule has 0 aromatic heterocycles. The van der Waals surface area contributed by atoms with E-state index in [9.17, 15) is 8.42 Å². The van der Waals surface area contributed by atoms with Crippen LogP contribution < -0.4 is 10.5 Å². The average Bonchev–Trinajstić information content (AvgIpc) is 2.13. The van der Waals surface area contributed by atoms with Gasteiger partial charge in [0.1, 0.15) is 0 Å². The van der Waals surface area contributed by atoms with Gasteiger partial charge in [0, 0.05) is 0 Å². The molecule has 0 bridgehead atoms. The maximum atomic E-state index is 11.1. The second-order valence-corrected chi connectivity index (χ2v) is 4.55. The van der Waals surface area contributed by atoms with Crippen molar-refractivity contribution in [2.24, 2.45) is 10.9 Å². The fourth-order valence-corrected chi connectivity index (χ4v) is 1.61. The van der Waals surface area contributed by atoms with Crippen LogP contribution in [0.5, 0.6) is 0 Å². The van der Waals surface area contributed by atoms with Gasteiger partial charge in [-0.3, -0.25) is 0 Å². The molecule has 0 aliphatic carbocycles. The number of hydrogen-bond acceptors (Lipinski definition) is 4. The standard InChI is InChI=1S/C6H15N3O3S/c1-3-5(6(7)8-10)9-13(11,12)4-2/h5,9-10H,3-4H2,1-2H3,(H2,7,8). The average molecular weight is 209 g/mol. The summed E-state index contributed by atoms with van der Waals surface area (Å²) in [5.74, 6) is -0.151. The van der Waals surface area contributed by atoms with E-state index in [1.54, 1.807) is 6.92 Å². The van der Waals surface area contributed by atoms with Gasteiger partial charge in [-0.2, -0.15) is 0 Å². The topological polar surface area (TPSA) is 105 Å². The molecule has 0 amide bonds. The molecule has 0 aromatic rings. The highest BCUT2D eigenvalue weighted by Gasteiger charge is 2.17. The van der Waals surface area contributed by atoms with E-state index in [-0.39, 0.29) is 11.6 Å². The van der Waals surface area contributed by atoms with Crippen LogP contribution in [0.25, 0.3) is 0 Å². The molecule has 0 aromatic carbocycles. The van der Waals surface area contributed by atoms with Gasteiger partial charge in [0.2, 0.25) is 10.0 Å². The van der Waals surface area contributed by atoms with Gasteiger partial charge in [0.05, 0.1) is 11.8 Å². The second-order valence-electron chi connectivity index (χ2n) is 2.51. The van der Waals surface area contributed by atoms with Crippen molar-refractivity contribution in [3.05, 3.63) is 0 Å². The van der Waals surface area contributed by atoms with Crippen LogP contribution >= 0.6 is 0 Å². The van der Waals surface area contributed by atoms with E-state index in [0.717, 1.165) is 0 Å². The first kappa shape index (κ1) is 12.2. The molecule has 0 saturated carbocycles. The Morgan fingerprint density at radius 2 is 2.15 bits per heavy atom. The van der Waals surface area contributed by atoms with Crippen LogP contribution in [0.4, 0.5) is 0 Å². The van der Waals surface area contributed by atoms with Crippen molar-refractivity contribution in [3.63, 3.8) is 0 Å². The Balaban J connectivity index is 4.48. The largest absolute Gasteiger partial charge is 0.409 e. The van der Waals surface area contributed by atoms with Crippen molar-refractivity contribution in [2.75, 3.05) is 5.75 Å². The first-order chi connectivity index (χ1) is 5.96. The molecule has 1 unspecified atom stereocenters. The van der Waals surface area contributed by atoms with Gasteiger partial charge < -0.3 is 10.9 Å². The first-order valence-electron chi connectivity index (χ1n) is 3.94. The van der Waals surface area contributed by atoms with E-state index in [0.29, 0.717) is 6.42 Å². The summed E-state index contributed by atoms with van der Waals surface area (Å²) in [4.78, 5) is 0. The molecule has 0 rings (SSSR count). The molecule has 78 valence electrons. The summed E-state index contributed by atoms with van der Waals surface area (Å²) in [6.07, 6.45) is 0.440. The predicted molar refractivity (Wildman–Crippen MR) is 50.1 cm³/mol. The number of nitrogens with two attached hydrogens (primary N) is 1. The smallest absolute Gasteiger partial charge is 0.211 e. The molecule has 13 heavy (non-hydrogen) atoms. The summed E-state index contributed by atoms with van der Waals surface area (Å²) < 4.78 is 24.5. The quantitative estimate of drug-likeness (QED) is 0.244. The van der Waals surface area contributed by atoms with Gasteiger partial charge in [-0.1, -0.05) is 12.1 Å². The Morgan fingerprint density at radius 1 is 1.62 bits per heavy atom. The van der Waals surface area contributed by atoms with Crippen LogP contribution in [-0.4, -0.2) is 31.3 Å². The van der Waals surface area contributed by atoms with Crippen molar-refractivity contribution in [3.8, 4) is 0 Å². The van der Waals surface area contributed by atoms with Crippen molar-refractivity contribution in [1.82, 2.24) is 4.72 Å². The molecule has 1 atom stereocenters. The zero-order valence-electron chi connectivity index (χ0n) is 7.69. The fraction of sp³-hybridized carbons (Fsp3) is 0.833. The monoisotopic (exact) mass is 209 g/mol. The minimum absolute atomic E-state index is 0.0256. The number of nitrogens with one attached hydrogen (secondary N) is 1. The zero-order valence-corrected chi connectivity index (χ0v) is 8.50. The van der Waals surface area contributed by atoms with Crippen LogP contribution in [-0.2, 0) is 10.0 Å². The maximum absolute atomic E-state index is 11.1.